The molecule has 6 heteroatoms. The Morgan fingerprint density at radius 2 is 2.35 bits per heavy atom. The van der Waals surface area contributed by atoms with Crippen molar-refractivity contribution < 1.29 is 19.2 Å². The molecule has 0 aliphatic heterocycles. The second kappa shape index (κ2) is 4.58. The smallest absolute Gasteiger partial charge is 0.346 e. The van der Waals surface area contributed by atoms with Crippen LogP contribution < -0.4 is 4.74 Å². The van der Waals surface area contributed by atoms with Crippen LogP contribution in [0.3, 0.4) is 0 Å². The Balaban J connectivity index is 2.05. The summed E-state index contributed by atoms with van der Waals surface area (Å²) < 4.78 is 10.5. The first kappa shape index (κ1) is 11.7. The molecule has 0 bridgehead atoms. The Bertz CT molecular complexity index is 524. The van der Waals surface area contributed by atoms with Gasteiger partial charge in [0.2, 0.25) is 0 Å². The van der Waals surface area contributed by atoms with Gasteiger partial charge in [0, 0.05) is 11.4 Å². The van der Waals surface area contributed by atoms with Gasteiger partial charge in [0.05, 0.1) is 11.3 Å². The number of aryl methyl sites for hydroxylation is 2. The summed E-state index contributed by atoms with van der Waals surface area (Å²) in [7, 11) is 0. The molecule has 2 aromatic heterocycles. The fourth-order valence-electron chi connectivity index (χ4n) is 1.37. The molecule has 0 unspecified atom stereocenters. The average molecular weight is 253 g/mol. The third kappa shape index (κ3) is 2.47. The van der Waals surface area contributed by atoms with Crippen LogP contribution in [0, 0.1) is 13.8 Å². The number of hydrogen-bond acceptors (Lipinski definition) is 5. The van der Waals surface area contributed by atoms with Crippen molar-refractivity contribution in [1.29, 1.82) is 0 Å². The molecule has 0 saturated heterocycles. The second-order valence-electron chi connectivity index (χ2n) is 3.54. The van der Waals surface area contributed by atoms with Crippen LogP contribution in [-0.2, 0) is 6.61 Å². The summed E-state index contributed by atoms with van der Waals surface area (Å²) in [5.41, 5.74) is 1.68. The molecule has 0 aliphatic carbocycles. The van der Waals surface area contributed by atoms with E-state index in [2.05, 4.69) is 5.16 Å². The van der Waals surface area contributed by atoms with Gasteiger partial charge in [-0.25, -0.2) is 4.79 Å². The van der Waals surface area contributed by atoms with Gasteiger partial charge in [0.1, 0.15) is 23.0 Å². The van der Waals surface area contributed by atoms with E-state index in [1.54, 1.807) is 5.38 Å². The maximum atomic E-state index is 10.7. The number of aromatic nitrogens is 1. The molecule has 2 aromatic rings. The summed E-state index contributed by atoms with van der Waals surface area (Å²) in [4.78, 5) is 10.9. The molecular weight excluding hydrogens is 242 g/mol. The Morgan fingerprint density at radius 1 is 1.59 bits per heavy atom. The van der Waals surface area contributed by atoms with Crippen LogP contribution in [-0.4, -0.2) is 16.2 Å². The number of ether oxygens (including phenoxy) is 1. The van der Waals surface area contributed by atoms with Crippen LogP contribution in [0.1, 0.15) is 26.7 Å². The molecule has 0 amide bonds. The van der Waals surface area contributed by atoms with E-state index < -0.39 is 5.97 Å². The fraction of sp³-hybridized carbons (Fsp3) is 0.273. The maximum Gasteiger partial charge on any atom is 0.346 e. The molecule has 2 rings (SSSR count). The summed E-state index contributed by atoms with van der Waals surface area (Å²) in [6, 6.07) is 1.51. The maximum absolute atomic E-state index is 10.7. The predicted molar refractivity (Wildman–Crippen MR) is 61.6 cm³/mol. The fourth-order valence-corrected chi connectivity index (χ4v) is 2.03. The normalized spacial score (nSPS) is 10.5. The first-order valence-electron chi connectivity index (χ1n) is 4.94. The lowest BCUT2D eigenvalue weighted by molar-refractivity contribution is 0.0702. The average Bonchev–Trinajstić information content (AvgIpc) is 2.85. The van der Waals surface area contributed by atoms with Crippen molar-refractivity contribution in [3.8, 4) is 5.75 Å². The van der Waals surface area contributed by atoms with E-state index in [-0.39, 0.29) is 4.88 Å². The van der Waals surface area contributed by atoms with E-state index in [0.29, 0.717) is 12.4 Å². The minimum Gasteiger partial charge on any atom is -0.488 e. The topological polar surface area (TPSA) is 72.6 Å². The standard InChI is InChI=1S/C11H11NO4S/c1-6-9(7(2)16-12-6)4-15-8-3-10(11(13)14)17-5-8/h3,5H,4H2,1-2H3,(H,13,14). The zero-order valence-electron chi connectivity index (χ0n) is 9.39. The van der Waals surface area contributed by atoms with Crippen LogP contribution >= 0.6 is 11.3 Å². The van der Waals surface area contributed by atoms with Crippen molar-refractivity contribution in [3.63, 3.8) is 0 Å². The molecule has 90 valence electrons. The van der Waals surface area contributed by atoms with Gasteiger partial charge in [-0.05, 0) is 13.8 Å². The van der Waals surface area contributed by atoms with Crippen molar-refractivity contribution in [2.45, 2.75) is 20.5 Å². The molecule has 0 spiro atoms. The highest BCUT2D eigenvalue weighted by molar-refractivity contribution is 7.12. The molecule has 0 radical (unpaired) electrons. The van der Waals surface area contributed by atoms with E-state index in [9.17, 15) is 4.79 Å². The van der Waals surface area contributed by atoms with Gasteiger partial charge in [-0.1, -0.05) is 5.16 Å². The van der Waals surface area contributed by atoms with Gasteiger partial charge in [-0.2, -0.15) is 0 Å². The second-order valence-corrected chi connectivity index (χ2v) is 4.45. The monoisotopic (exact) mass is 253 g/mol. The minimum atomic E-state index is -0.942. The number of thiophene rings is 1. The molecule has 0 aliphatic rings. The number of carboxylic acid groups (broad SMARTS) is 1. The number of aromatic carboxylic acids is 1. The van der Waals surface area contributed by atoms with Crippen molar-refractivity contribution >= 4 is 17.3 Å². The molecule has 2 heterocycles. The Morgan fingerprint density at radius 3 is 2.88 bits per heavy atom. The first-order valence-corrected chi connectivity index (χ1v) is 5.82. The van der Waals surface area contributed by atoms with Gasteiger partial charge in [0.25, 0.3) is 0 Å². The van der Waals surface area contributed by atoms with E-state index in [1.165, 1.54) is 6.07 Å². The van der Waals surface area contributed by atoms with Gasteiger partial charge in [-0.3, -0.25) is 0 Å². The Labute approximate surface area is 102 Å². The lowest BCUT2D eigenvalue weighted by atomic mass is 10.2. The highest BCUT2D eigenvalue weighted by Crippen LogP contribution is 2.23. The summed E-state index contributed by atoms with van der Waals surface area (Å²) in [6.07, 6.45) is 0. The van der Waals surface area contributed by atoms with Gasteiger partial charge < -0.3 is 14.4 Å². The van der Waals surface area contributed by atoms with Crippen molar-refractivity contribution in [2.75, 3.05) is 0 Å². The highest BCUT2D eigenvalue weighted by atomic mass is 32.1. The summed E-state index contributed by atoms with van der Waals surface area (Å²) in [5, 5.41) is 14.3. The predicted octanol–water partition coefficient (Wildman–Crippen LogP) is 2.63. The van der Waals surface area contributed by atoms with Crippen LogP contribution in [0.4, 0.5) is 0 Å². The van der Waals surface area contributed by atoms with Gasteiger partial charge in [0.15, 0.2) is 0 Å². The molecule has 0 aromatic carbocycles. The Hall–Kier alpha value is -1.82. The summed E-state index contributed by atoms with van der Waals surface area (Å²) >= 11 is 1.14. The largest absolute Gasteiger partial charge is 0.488 e. The van der Waals surface area contributed by atoms with Crippen LogP contribution in [0.2, 0.25) is 0 Å². The Kier molecular flexibility index (Phi) is 3.14. The lowest BCUT2D eigenvalue weighted by Crippen LogP contribution is -1.97. The zero-order valence-corrected chi connectivity index (χ0v) is 10.2. The number of rotatable bonds is 4. The van der Waals surface area contributed by atoms with E-state index in [0.717, 1.165) is 28.4 Å². The molecule has 5 nitrogen and oxygen atoms in total. The molecule has 17 heavy (non-hydrogen) atoms. The van der Waals surface area contributed by atoms with E-state index in [1.807, 2.05) is 13.8 Å². The summed E-state index contributed by atoms with van der Waals surface area (Å²) in [5.74, 6) is 0.325. The number of carboxylic acids is 1. The highest BCUT2D eigenvalue weighted by Gasteiger charge is 2.11. The molecular formula is C11H11NO4S. The van der Waals surface area contributed by atoms with E-state index >= 15 is 0 Å². The number of nitrogens with zero attached hydrogens (tertiary/aromatic N) is 1. The quantitative estimate of drug-likeness (QED) is 0.906. The number of carbonyl (C=O) groups is 1. The van der Waals surface area contributed by atoms with Crippen LogP contribution in [0.5, 0.6) is 5.75 Å². The van der Waals surface area contributed by atoms with Gasteiger partial charge in [-0.15, -0.1) is 11.3 Å². The van der Waals surface area contributed by atoms with E-state index in [4.69, 9.17) is 14.4 Å². The number of hydrogen-bond donors (Lipinski definition) is 1. The first-order chi connectivity index (χ1) is 8.08. The van der Waals surface area contributed by atoms with Crippen LogP contribution in [0.25, 0.3) is 0 Å². The molecule has 0 saturated carbocycles. The lowest BCUT2D eigenvalue weighted by Gasteiger charge is -2.02. The summed E-state index contributed by atoms with van der Waals surface area (Å²) in [6.45, 7) is 3.98. The van der Waals surface area contributed by atoms with Gasteiger partial charge >= 0.3 is 5.97 Å². The minimum absolute atomic E-state index is 0.263. The third-order valence-electron chi connectivity index (χ3n) is 2.35. The van der Waals surface area contributed by atoms with Crippen LogP contribution in [0.15, 0.2) is 16.0 Å². The van der Waals surface area contributed by atoms with Crippen molar-refractivity contribution in [3.05, 3.63) is 33.3 Å². The SMILES string of the molecule is Cc1noc(C)c1COc1csc(C(=O)O)c1. The molecule has 0 fully saturated rings. The van der Waals surface area contributed by atoms with Crippen molar-refractivity contribution in [2.24, 2.45) is 0 Å². The molecule has 0 atom stereocenters. The van der Waals surface area contributed by atoms with Crippen molar-refractivity contribution in [1.82, 2.24) is 5.16 Å². The zero-order chi connectivity index (χ0) is 12.4. The molecule has 1 N–H and O–H groups in total. The third-order valence-corrected chi connectivity index (χ3v) is 3.25.